The van der Waals surface area contributed by atoms with E-state index < -0.39 is 40.8 Å². The van der Waals surface area contributed by atoms with E-state index >= 15 is 0 Å². The molecule has 1 aliphatic carbocycles. The van der Waals surface area contributed by atoms with Crippen molar-refractivity contribution in [3.63, 3.8) is 0 Å². The lowest BCUT2D eigenvalue weighted by Crippen LogP contribution is -2.17. The minimum atomic E-state index is -1.68. The van der Waals surface area contributed by atoms with Crippen LogP contribution in [-0.4, -0.2) is 33.3 Å². The number of unbranched alkanes of at least 4 members (excludes halogenated alkanes) is 1. The van der Waals surface area contributed by atoms with Gasteiger partial charge in [0.2, 0.25) is 0 Å². The summed E-state index contributed by atoms with van der Waals surface area (Å²) in [6, 6.07) is 13.3. The molecule has 1 heterocycles. The molecule has 1 fully saturated rings. The summed E-state index contributed by atoms with van der Waals surface area (Å²) >= 11 is 0. The maximum atomic E-state index is 13.9. The molecule has 0 bridgehead atoms. The fraction of sp³-hybridized carbons (Fsp3) is 0.351. The van der Waals surface area contributed by atoms with Crippen molar-refractivity contribution in [2.24, 2.45) is 5.41 Å². The topological polar surface area (TPSA) is 88.8 Å². The fourth-order valence-electron chi connectivity index (χ4n) is 6.06. The summed E-state index contributed by atoms with van der Waals surface area (Å²) < 4.78 is 62.2. The maximum Gasteiger partial charge on any atom is 0.303 e. The zero-order valence-corrected chi connectivity index (χ0v) is 26.0. The summed E-state index contributed by atoms with van der Waals surface area (Å²) in [4.78, 5) is 22.8. The number of aromatic nitrogens is 1. The molecule has 0 aliphatic heterocycles. The molecule has 47 heavy (non-hydrogen) atoms. The quantitative estimate of drug-likeness (QED) is 0.0476. The van der Waals surface area contributed by atoms with Crippen LogP contribution in [0.25, 0.3) is 10.9 Å². The number of benzene rings is 3. The number of nitrogens with zero attached hydrogens (tertiary/aromatic N) is 1. The predicted octanol–water partition coefficient (Wildman–Crippen LogP) is 7.97. The standard InChI is InChI=1S/C37H35F4NO5/c1-23-27(8-5-10-32(43)44)28-9-4-6-25(36(28)42(23)22-37(17-18-37)21-33(45)46)14-11-24-12-15-26(16-13-24)47-19-3-2-7-29-30(38)20-31(39)35(41)34(29)40/h4,6,9,12-13,15-16,20H,2-3,5,7-8,10,17-19,21-22H2,1H3,(H,43,44)(H,45,46). The van der Waals surface area contributed by atoms with Crippen LogP contribution in [0.15, 0.2) is 48.5 Å². The highest BCUT2D eigenvalue weighted by Crippen LogP contribution is 2.51. The molecule has 1 aliphatic rings. The molecule has 0 saturated heterocycles. The number of carboxylic acids is 2. The molecule has 5 rings (SSSR count). The van der Waals surface area contributed by atoms with Crippen molar-refractivity contribution in [1.82, 2.24) is 4.57 Å². The Kier molecular flexibility index (Phi) is 10.2. The molecule has 4 aromatic rings. The number of hydrogen-bond donors (Lipinski definition) is 2. The molecule has 2 N–H and O–H groups in total. The van der Waals surface area contributed by atoms with Gasteiger partial charge in [-0.05, 0) is 93.2 Å². The third-order valence-corrected chi connectivity index (χ3v) is 8.76. The molecule has 246 valence electrons. The third kappa shape index (κ3) is 7.97. The van der Waals surface area contributed by atoms with Gasteiger partial charge in [-0.1, -0.05) is 24.0 Å². The molecule has 0 amide bonds. The first-order chi connectivity index (χ1) is 22.5. The van der Waals surface area contributed by atoms with Crippen molar-refractivity contribution >= 4 is 22.8 Å². The second-order valence-electron chi connectivity index (χ2n) is 12.2. The minimum absolute atomic E-state index is 0.0610. The number of ether oxygens (including phenoxy) is 1. The number of hydrogen-bond acceptors (Lipinski definition) is 3. The van der Waals surface area contributed by atoms with Gasteiger partial charge in [0.1, 0.15) is 11.6 Å². The molecule has 0 unspecified atom stereocenters. The van der Waals surface area contributed by atoms with Gasteiger partial charge >= 0.3 is 11.9 Å². The molecular weight excluding hydrogens is 614 g/mol. The summed E-state index contributed by atoms with van der Waals surface area (Å²) in [5.41, 5.74) is 3.71. The molecule has 6 nitrogen and oxygen atoms in total. The Labute approximate surface area is 270 Å². The highest BCUT2D eigenvalue weighted by Gasteiger charge is 2.45. The van der Waals surface area contributed by atoms with Gasteiger partial charge in [0.15, 0.2) is 17.5 Å². The number of aryl methyl sites for hydroxylation is 1. The number of carboxylic acid groups (broad SMARTS) is 2. The van der Waals surface area contributed by atoms with Gasteiger partial charge in [0, 0.05) is 46.8 Å². The second kappa shape index (κ2) is 14.3. The monoisotopic (exact) mass is 649 g/mol. The van der Waals surface area contributed by atoms with Crippen LogP contribution in [0.3, 0.4) is 0 Å². The summed E-state index contributed by atoms with van der Waals surface area (Å²) in [7, 11) is 0. The van der Waals surface area contributed by atoms with Gasteiger partial charge in [0.05, 0.1) is 18.5 Å². The molecule has 1 aromatic heterocycles. The maximum absolute atomic E-state index is 13.9. The van der Waals surface area contributed by atoms with Crippen LogP contribution in [0, 0.1) is 47.4 Å². The van der Waals surface area contributed by atoms with Crippen molar-refractivity contribution in [2.45, 2.75) is 71.3 Å². The lowest BCUT2D eigenvalue weighted by Gasteiger charge is -2.17. The van der Waals surface area contributed by atoms with E-state index in [0.29, 0.717) is 44.0 Å². The van der Waals surface area contributed by atoms with Gasteiger partial charge in [0.25, 0.3) is 0 Å². The number of carbonyl (C=O) groups is 2. The van der Waals surface area contributed by atoms with Crippen LogP contribution >= 0.6 is 0 Å². The number of fused-ring (bicyclic) bond motifs is 1. The van der Waals surface area contributed by atoms with Crippen molar-refractivity contribution in [1.29, 1.82) is 0 Å². The molecule has 3 aromatic carbocycles. The summed E-state index contributed by atoms with van der Waals surface area (Å²) in [6.45, 7) is 2.81. The molecule has 0 atom stereocenters. The van der Waals surface area contributed by atoms with Crippen LogP contribution in [0.1, 0.15) is 72.9 Å². The van der Waals surface area contributed by atoms with E-state index in [0.717, 1.165) is 46.1 Å². The first-order valence-corrected chi connectivity index (χ1v) is 15.6. The van der Waals surface area contributed by atoms with Gasteiger partial charge < -0.3 is 19.5 Å². The fourth-order valence-corrected chi connectivity index (χ4v) is 6.06. The smallest absolute Gasteiger partial charge is 0.303 e. The largest absolute Gasteiger partial charge is 0.494 e. The summed E-state index contributed by atoms with van der Waals surface area (Å²) in [5, 5.41) is 19.7. The Hall–Kier alpha value is -4.78. The van der Waals surface area contributed by atoms with E-state index in [4.69, 9.17) is 9.84 Å². The lowest BCUT2D eigenvalue weighted by atomic mass is 10.0. The van der Waals surface area contributed by atoms with Crippen molar-refractivity contribution < 1.29 is 42.1 Å². The van der Waals surface area contributed by atoms with E-state index in [2.05, 4.69) is 16.4 Å². The van der Waals surface area contributed by atoms with Gasteiger partial charge in [-0.15, -0.1) is 0 Å². The van der Waals surface area contributed by atoms with Gasteiger partial charge in [-0.3, -0.25) is 9.59 Å². The second-order valence-corrected chi connectivity index (χ2v) is 12.2. The van der Waals surface area contributed by atoms with Crippen molar-refractivity contribution in [3.8, 4) is 17.6 Å². The van der Waals surface area contributed by atoms with E-state index in [1.807, 2.05) is 37.3 Å². The number of para-hydroxylation sites is 1. The SMILES string of the molecule is Cc1c(CCCC(=O)O)c2cccc(C#Cc3ccc(OCCCCc4c(F)cc(F)c(F)c4F)cc3)c2n1CC1(CC(=O)O)CC1. The molecule has 10 heteroatoms. The molecule has 0 radical (unpaired) electrons. The van der Waals surface area contributed by atoms with Crippen LogP contribution in [-0.2, 0) is 29.0 Å². The minimum Gasteiger partial charge on any atom is -0.494 e. The van der Waals surface area contributed by atoms with Gasteiger partial charge in [-0.25, -0.2) is 17.6 Å². The normalized spacial score (nSPS) is 13.3. The Morgan fingerprint density at radius 1 is 0.872 bits per heavy atom. The zero-order valence-electron chi connectivity index (χ0n) is 26.0. The van der Waals surface area contributed by atoms with E-state index in [1.165, 1.54) is 0 Å². The lowest BCUT2D eigenvalue weighted by molar-refractivity contribution is -0.139. The van der Waals surface area contributed by atoms with Crippen molar-refractivity contribution in [2.75, 3.05) is 6.61 Å². The molecule has 1 saturated carbocycles. The zero-order chi connectivity index (χ0) is 33.7. The number of halogens is 4. The van der Waals surface area contributed by atoms with Crippen molar-refractivity contribution in [3.05, 3.63) is 99.7 Å². The van der Waals surface area contributed by atoms with Gasteiger partial charge in [-0.2, -0.15) is 0 Å². The van der Waals surface area contributed by atoms with E-state index in [9.17, 15) is 32.3 Å². The number of rotatable bonds is 14. The first-order valence-electron chi connectivity index (χ1n) is 15.6. The Bertz CT molecular complexity index is 1870. The average molecular weight is 650 g/mol. The highest BCUT2D eigenvalue weighted by molar-refractivity contribution is 5.90. The highest BCUT2D eigenvalue weighted by atomic mass is 19.2. The van der Waals surface area contributed by atoms with E-state index in [1.54, 1.807) is 12.1 Å². The van der Waals surface area contributed by atoms with E-state index in [-0.39, 0.29) is 31.3 Å². The van der Waals surface area contributed by atoms with Crippen LogP contribution < -0.4 is 4.74 Å². The Morgan fingerprint density at radius 3 is 2.28 bits per heavy atom. The average Bonchev–Trinajstić information content (AvgIpc) is 3.73. The third-order valence-electron chi connectivity index (χ3n) is 8.76. The molecular formula is C37H35F4NO5. The first kappa shape index (κ1) is 33.6. The van der Waals surface area contributed by atoms with Crippen LogP contribution in [0.4, 0.5) is 17.6 Å². The summed E-state index contributed by atoms with van der Waals surface area (Å²) in [6.07, 6.45) is 3.56. The summed E-state index contributed by atoms with van der Waals surface area (Å²) in [5.74, 6) is -0.453. The predicted molar refractivity (Wildman–Crippen MR) is 168 cm³/mol. The van der Waals surface area contributed by atoms with Crippen LogP contribution in [0.5, 0.6) is 5.75 Å². The Balaban J connectivity index is 1.28. The Morgan fingerprint density at radius 2 is 1.60 bits per heavy atom. The number of aliphatic carboxylic acids is 2. The van der Waals surface area contributed by atoms with Crippen LogP contribution in [0.2, 0.25) is 0 Å². The molecule has 0 spiro atoms.